The van der Waals surface area contributed by atoms with Crippen LogP contribution in [0.2, 0.25) is 0 Å². The molecule has 4 N–H and O–H groups in total. The van der Waals surface area contributed by atoms with Crippen LogP contribution in [0.3, 0.4) is 0 Å². The van der Waals surface area contributed by atoms with Gasteiger partial charge >= 0.3 is 5.97 Å². The Balaban J connectivity index is 2.33. The third-order valence-electron chi connectivity index (χ3n) is 3.76. The number of tetrazole rings is 1. The van der Waals surface area contributed by atoms with Crippen molar-refractivity contribution in [2.24, 2.45) is 11.7 Å². The molecule has 1 amide bonds. The minimum atomic E-state index is -0.896. The Labute approximate surface area is 133 Å². The number of primary amides is 1. The van der Waals surface area contributed by atoms with E-state index < -0.39 is 23.7 Å². The van der Waals surface area contributed by atoms with E-state index >= 15 is 0 Å². The molecular formula is C15H19N5O3. The highest BCUT2D eigenvalue weighted by atomic mass is 16.4. The Morgan fingerprint density at radius 3 is 2.74 bits per heavy atom. The molecule has 0 unspecified atom stereocenters. The van der Waals surface area contributed by atoms with E-state index in [-0.39, 0.29) is 0 Å². The number of amides is 1. The van der Waals surface area contributed by atoms with Gasteiger partial charge in [-0.3, -0.25) is 9.59 Å². The first kappa shape index (κ1) is 16.6. The highest BCUT2D eigenvalue weighted by Crippen LogP contribution is 2.30. The molecule has 0 aliphatic rings. The number of rotatable bonds is 8. The van der Waals surface area contributed by atoms with E-state index in [0.717, 1.165) is 12.0 Å². The van der Waals surface area contributed by atoms with Crippen molar-refractivity contribution >= 4 is 11.9 Å². The molecule has 122 valence electrons. The number of nitrogens with one attached hydrogen (secondary N) is 1. The summed E-state index contributed by atoms with van der Waals surface area (Å²) < 4.78 is 0. The maximum absolute atomic E-state index is 11.6. The zero-order valence-corrected chi connectivity index (χ0v) is 12.8. The number of carboxylic acids is 1. The summed E-state index contributed by atoms with van der Waals surface area (Å²) in [6, 6.07) is 6.83. The lowest BCUT2D eigenvalue weighted by Gasteiger charge is -2.21. The second-order valence-corrected chi connectivity index (χ2v) is 5.38. The van der Waals surface area contributed by atoms with Crippen molar-refractivity contribution in [2.75, 3.05) is 0 Å². The van der Waals surface area contributed by atoms with Crippen molar-refractivity contribution in [3.8, 4) is 0 Å². The molecule has 8 nitrogen and oxygen atoms in total. The van der Waals surface area contributed by atoms with Gasteiger partial charge in [-0.15, -0.1) is 10.2 Å². The maximum Gasteiger partial charge on any atom is 0.307 e. The highest BCUT2D eigenvalue weighted by molar-refractivity contribution is 5.92. The first-order valence-corrected chi connectivity index (χ1v) is 7.37. The van der Waals surface area contributed by atoms with Crippen LogP contribution in [-0.4, -0.2) is 37.6 Å². The molecule has 0 aliphatic carbocycles. The number of benzene rings is 1. The number of nitrogens with zero attached hydrogens (tertiary/aromatic N) is 3. The average Bonchev–Trinajstić information content (AvgIpc) is 3.05. The summed E-state index contributed by atoms with van der Waals surface area (Å²) in [5, 5.41) is 23.3. The molecule has 0 saturated heterocycles. The summed E-state index contributed by atoms with van der Waals surface area (Å²) in [5.74, 6) is -2.13. The summed E-state index contributed by atoms with van der Waals surface area (Å²) in [5.41, 5.74) is 6.48. The number of aromatic amines is 1. The minimum Gasteiger partial charge on any atom is -0.481 e. The summed E-state index contributed by atoms with van der Waals surface area (Å²) in [6.45, 7) is 1.93. The number of nitrogens with two attached hydrogens (primary N) is 1. The summed E-state index contributed by atoms with van der Waals surface area (Å²) >= 11 is 0. The van der Waals surface area contributed by atoms with E-state index in [1.54, 1.807) is 18.2 Å². The Morgan fingerprint density at radius 1 is 1.39 bits per heavy atom. The molecule has 1 aromatic carbocycles. The number of aromatic nitrogens is 4. The molecule has 8 heteroatoms. The van der Waals surface area contributed by atoms with Gasteiger partial charge in [-0.2, -0.15) is 5.21 Å². The van der Waals surface area contributed by atoms with Crippen LogP contribution in [0.25, 0.3) is 0 Å². The van der Waals surface area contributed by atoms with E-state index in [1.165, 1.54) is 0 Å². The van der Waals surface area contributed by atoms with Crippen molar-refractivity contribution in [1.82, 2.24) is 20.6 Å². The molecule has 1 heterocycles. The molecular weight excluding hydrogens is 298 g/mol. The number of hydrogen-bond donors (Lipinski definition) is 3. The SMILES string of the molecule is CCC[C@H](C(=O)O)[C@H](Cc1cccc(C(N)=O)c1)c1nn[nH]n1. The van der Waals surface area contributed by atoms with E-state index in [2.05, 4.69) is 20.6 Å². The van der Waals surface area contributed by atoms with Crippen molar-refractivity contribution in [3.05, 3.63) is 41.2 Å². The second-order valence-electron chi connectivity index (χ2n) is 5.38. The number of aliphatic carboxylic acids is 1. The Bertz CT molecular complexity index is 672. The smallest absolute Gasteiger partial charge is 0.307 e. The largest absolute Gasteiger partial charge is 0.481 e. The highest BCUT2D eigenvalue weighted by Gasteiger charge is 2.32. The van der Waals surface area contributed by atoms with Crippen LogP contribution >= 0.6 is 0 Å². The zero-order chi connectivity index (χ0) is 16.8. The van der Waals surface area contributed by atoms with E-state index in [0.29, 0.717) is 24.2 Å². The molecule has 2 aromatic rings. The third kappa shape index (κ3) is 4.12. The molecule has 2 rings (SSSR count). The fraction of sp³-hybridized carbons (Fsp3) is 0.400. The normalized spacial score (nSPS) is 13.4. The first-order valence-electron chi connectivity index (χ1n) is 7.37. The predicted octanol–water partition coefficient (Wildman–Crippen LogP) is 1.13. The number of carbonyl (C=O) groups excluding carboxylic acids is 1. The lowest BCUT2D eigenvalue weighted by atomic mass is 9.83. The first-order chi connectivity index (χ1) is 11.0. The van der Waals surface area contributed by atoms with Gasteiger partial charge in [-0.1, -0.05) is 30.7 Å². The third-order valence-corrected chi connectivity index (χ3v) is 3.76. The van der Waals surface area contributed by atoms with Gasteiger partial charge in [0.1, 0.15) is 0 Å². The Hall–Kier alpha value is -2.77. The molecule has 1 aromatic heterocycles. The molecule has 2 atom stereocenters. The quantitative estimate of drug-likeness (QED) is 0.668. The van der Waals surface area contributed by atoms with Crippen molar-refractivity contribution in [3.63, 3.8) is 0 Å². The lowest BCUT2D eigenvalue weighted by Crippen LogP contribution is -2.25. The topological polar surface area (TPSA) is 135 Å². The van der Waals surface area contributed by atoms with Crippen LogP contribution < -0.4 is 5.73 Å². The molecule has 0 radical (unpaired) electrons. The van der Waals surface area contributed by atoms with E-state index in [1.807, 2.05) is 13.0 Å². The summed E-state index contributed by atoms with van der Waals surface area (Å²) in [4.78, 5) is 22.9. The van der Waals surface area contributed by atoms with E-state index in [4.69, 9.17) is 5.73 Å². The fourth-order valence-electron chi connectivity index (χ4n) is 2.65. The molecule has 0 bridgehead atoms. The Morgan fingerprint density at radius 2 is 2.17 bits per heavy atom. The predicted molar refractivity (Wildman–Crippen MR) is 81.6 cm³/mol. The lowest BCUT2D eigenvalue weighted by molar-refractivity contribution is -0.143. The molecule has 23 heavy (non-hydrogen) atoms. The monoisotopic (exact) mass is 317 g/mol. The fourth-order valence-corrected chi connectivity index (χ4v) is 2.65. The minimum absolute atomic E-state index is 0.357. The van der Waals surface area contributed by atoms with Gasteiger partial charge < -0.3 is 10.8 Å². The standard InChI is InChI=1S/C15H19N5O3/c1-2-4-11(15(22)23)12(14-17-19-20-18-14)8-9-5-3-6-10(7-9)13(16)21/h3,5-7,11-12H,2,4,8H2,1H3,(H2,16,21)(H,22,23)(H,17,18,19,20)/t11-,12-/m0/s1. The van der Waals surface area contributed by atoms with Crippen LogP contribution in [0, 0.1) is 5.92 Å². The van der Waals surface area contributed by atoms with Gasteiger partial charge in [0.2, 0.25) is 5.91 Å². The van der Waals surface area contributed by atoms with E-state index in [9.17, 15) is 14.7 Å². The number of carbonyl (C=O) groups is 2. The van der Waals surface area contributed by atoms with Gasteiger partial charge in [0.15, 0.2) is 5.82 Å². The molecule has 0 fully saturated rings. The summed E-state index contributed by atoms with van der Waals surface area (Å²) in [6.07, 6.45) is 1.62. The van der Waals surface area contributed by atoms with Gasteiger partial charge in [-0.25, -0.2) is 0 Å². The number of H-pyrrole nitrogens is 1. The van der Waals surface area contributed by atoms with Crippen LogP contribution in [0.4, 0.5) is 0 Å². The van der Waals surface area contributed by atoms with Crippen molar-refractivity contribution in [2.45, 2.75) is 32.1 Å². The summed E-state index contributed by atoms with van der Waals surface area (Å²) in [7, 11) is 0. The Kier molecular flexibility index (Phi) is 5.40. The van der Waals surface area contributed by atoms with Crippen molar-refractivity contribution < 1.29 is 14.7 Å². The van der Waals surface area contributed by atoms with Crippen LogP contribution in [0.15, 0.2) is 24.3 Å². The van der Waals surface area contributed by atoms with Gasteiger partial charge in [0.05, 0.1) is 5.92 Å². The molecule has 0 spiro atoms. The second kappa shape index (κ2) is 7.48. The van der Waals surface area contributed by atoms with Gasteiger partial charge in [0.25, 0.3) is 0 Å². The van der Waals surface area contributed by atoms with Crippen LogP contribution in [0.1, 0.15) is 47.4 Å². The van der Waals surface area contributed by atoms with Crippen LogP contribution in [0.5, 0.6) is 0 Å². The van der Waals surface area contributed by atoms with Crippen LogP contribution in [-0.2, 0) is 11.2 Å². The maximum atomic E-state index is 11.6. The molecule has 0 saturated carbocycles. The molecule has 0 aliphatic heterocycles. The zero-order valence-electron chi connectivity index (χ0n) is 12.8. The number of hydrogen-bond acceptors (Lipinski definition) is 5. The van der Waals surface area contributed by atoms with Gasteiger partial charge in [-0.05, 0) is 30.5 Å². The average molecular weight is 317 g/mol. The van der Waals surface area contributed by atoms with Gasteiger partial charge in [0, 0.05) is 11.5 Å². The van der Waals surface area contributed by atoms with Crippen molar-refractivity contribution in [1.29, 1.82) is 0 Å². The number of carboxylic acid groups (broad SMARTS) is 1.